The molecule has 0 N–H and O–H groups in total. The van der Waals surface area contributed by atoms with E-state index in [1.165, 1.54) is 51.0 Å². The van der Waals surface area contributed by atoms with Crippen LogP contribution >= 0.6 is 0 Å². The summed E-state index contributed by atoms with van der Waals surface area (Å²) < 4.78 is 9.31. The maximum atomic E-state index is 4.94. The van der Waals surface area contributed by atoms with E-state index in [-0.39, 0.29) is 0 Å². The van der Waals surface area contributed by atoms with Crippen molar-refractivity contribution >= 4 is 0 Å². The normalized spacial score (nSPS) is 15.6. The van der Waals surface area contributed by atoms with Crippen LogP contribution in [-0.2, 0) is 22.3 Å². The van der Waals surface area contributed by atoms with E-state index in [2.05, 4.69) is 42.2 Å². The Labute approximate surface area is 123 Å². The van der Waals surface area contributed by atoms with E-state index in [1.807, 2.05) is 0 Å². The van der Waals surface area contributed by atoms with Gasteiger partial charge in [-0.25, -0.2) is 0 Å². The quantitative estimate of drug-likeness (QED) is 0.731. The minimum atomic E-state index is 1.00. The van der Waals surface area contributed by atoms with Crippen molar-refractivity contribution in [2.45, 2.75) is 38.5 Å². The predicted molar refractivity (Wildman–Crippen MR) is 84.6 cm³/mol. The number of rotatable bonds is 2. The highest BCUT2D eigenvalue weighted by Gasteiger charge is 2.05. The molecule has 2 heteroatoms. The monoisotopic (exact) mass is 274 g/mol. The first-order valence-electron chi connectivity index (χ1n) is 7.40. The van der Waals surface area contributed by atoms with Crippen LogP contribution in [0.3, 0.4) is 0 Å². The SMILES string of the molecule is C1CCOC1.C=COC=C.c1ccc2c(c1)CCCC2. The summed E-state index contributed by atoms with van der Waals surface area (Å²) in [5.74, 6) is 0. The van der Waals surface area contributed by atoms with E-state index in [4.69, 9.17) is 4.74 Å². The van der Waals surface area contributed by atoms with E-state index in [0.717, 1.165) is 13.2 Å². The third-order valence-electron chi connectivity index (χ3n) is 3.28. The fourth-order valence-corrected chi connectivity index (χ4v) is 2.25. The number of ether oxygens (including phenoxy) is 2. The van der Waals surface area contributed by atoms with Gasteiger partial charge >= 0.3 is 0 Å². The summed E-state index contributed by atoms with van der Waals surface area (Å²) in [6, 6.07) is 8.80. The molecule has 1 aliphatic heterocycles. The molecule has 0 radical (unpaired) electrons. The van der Waals surface area contributed by atoms with Crippen LogP contribution in [0, 0.1) is 0 Å². The predicted octanol–water partition coefficient (Wildman–Crippen LogP) is 4.65. The molecule has 0 spiro atoms. The van der Waals surface area contributed by atoms with Crippen LogP contribution in [0.15, 0.2) is 49.9 Å². The molecule has 1 aromatic rings. The number of benzene rings is 1. The van der Waals surface area contributed by atoms with E-state index in [0.29, 0.717) is 0 Å². The van der Waals surface area contributed by atoms with Gasteiger partial charge in [0.05, 0.1) is 12.5 Å². The van der Waals surface area contributed by atoms with Crippen molar-refractivity contribution < 1.29 is 9.47 Å². The Kier molecular flexibility index (Phi) is 9.33. The summed E-state index contributed by atoms with van der Waals surface area (Å²) in [6.45, 7) is 8.51. The molecule has 1 heterocycles. The van der Waals surface area contributed by atoms with Gasteiger partial charge in [-0.3, -0.25) is 0 Å². The molecule has 0 bridgehead atoms. The summed E-state index contributed by atoms with van der Waals surface area (Å²) in [4.78, 5) is 0. The molecule has 1 aliphatic carbocycles. The average molecular weight is 274 g/mol. The van der Waals surface area contributed by atoms with Gasteiger partial charge < -0.3 is 9.47 Å². The van der Waals surface area contributed by atoms with Gasteiger partial charge in [-0.1, -0.05) is 37.4 Å². The van der Waals surface area contributed by atoms with E-state index >= 15 is 0 Å². The highest BCUT2D eigenvalue weighted by atomic mass is 16.5. The lowest BCUT2D eigenvalue weighted by molar-refractivity contribution is 0.198. The molecule has 0 unspecified atom stereocenters. The van der Waals surface area contributed by atoms with Gasteiger partial charge in [-0.15, -0.1) is 0 Å². The highest BCUT2D eigenvalue weighted by Crippen LogP contribution is 2.19. The zero-order valence-corrected chi connectivity index (χ0v) is 12.4. The van der Waals surface area contributed by atoms with Gasteiger partial charge in [0.15, 0.2) is 0 Å². The topological polar surface area (TPSA) is 18.5 Å². The summed E-state index contributed by atoms with van der Waals surface area (Å²) >= 11 is 0. The van der Waals surface area contributed by atoms with E-state index in [9.17, 15) is 0 Å². The first-order chi connectivity index (χ1) is 9.88. The molecule has 2 aliphatic rings. The summed E-state index contributed by atoms with van der Waals surface area (Å²) in [6.07, 6.45) is 10.6. The number of fused-ring (bicyclic) bond motifs is 1. The van der Waals surface area contributed by atoms with Crippen LogP contribution in [-0.4, -0.2) is 13.2 Å². The molecule has 1 saturated heterocycles. The first-order valence-corrected chi connectivity index (χ1v) is 7.40. The molecule has 20 heavy (non-hydrogen) atoms. The molecule has 0 aromatic heterocycles. The molecule has 3 rings (SSSR count). The summed E-state index contributed by atoms with van der Waals surface area (Å²) in [7, 11) is 0. The van der Waals surface area contributed by atoms with Crippen LogP contribution in [0.5, 0.6) is 0 Å². The summed E-state index contributed by atoms with van der Waals surface area (Å²) in [5, 5.41) is 0. The Morgan fingerprint density at radius 3 is 1.65 bits per heavy atom. The number of hydrogen-bond donors (Lipinski definition) is 0. The summed E-state index contributed by atoms with van der Waals surface area (Å²) in [5.41, 5.74) is 3.16. The minimum absolute atomic E-state index is 1.00. The molecular weight excluding hydrogens is 248 g/mol. The van der Waals surface area contributed by atoms with Gasteiger partial charge in [0.25, 0.3) is 0 Å². The third kappa shape index (κ3) is 7.15. The van der Waals surface area contributed by atoms with Crippen molar-refractivity contribution in [3.05, 3.63) is 61.1 Å². The molecule has 0 saturated carbocycles. The zero-order chi connectivity index (χ0) is 14.5. The maximum Gasteiger partial charge on any atom is 0.0829 e. The average Bonchev–Trinajstić information content (AvgIpc) is 3.08. The Balaban J connectivity index is 0.000000170. The lowest BCUT2D eigenvalue weighted by Gasteiger charge is -2.13. The molecule has 1 aromatic carbocycles. The fraction of sp³-hybridized carbons (Fsp3) is 0.444. The van der Waals surface area contributed by atoms with Gasteiger partial charge in [0.1, 0.15) is 0 Å². The number of hydrogen-bond acceptors (Lipinski definition) is 2. The second-order valence-electron chi connectivity index (χ2n) is 4.76. The lowest BCUT2D eigenvalue weighted by Crippen LogP contribution is -2.00. The van der Waals surface area contributed by atoms with Crippen LogP contribution in [0.25, 0.3) is 0 Å². The van der Waals surface area contributed by atoms with Crippen molar-refractivity contribution in [2.75, 3.05) is 13.2 Å². The Hall–Kier alpha value is -1.54. The van der Waals surface area contributed by atoms with Crippen LogP contribution in [0.2, 0.25) is 0 Å². The Bertz CT molecular complexity index is 342. The van der Waals surface area contributed by atoms with E-state index < -0.39 is 0 Å². The Morgan fingerprint density at radius 2 is 1.35 bits per heavy atom. The Morgan fingerprint density at radius 1 is 0.850 bits per heavy atom. The van der Waals surface area contributed by atoms with Gasteiger partial charge in [-0.05, 0) is 49.7 Å². The number of aryl methyl sites for hydroxylation is 2. The highest BCUT2D eigenvalue weighted by molar-refractivity contribution is 5.28. The standard InChI is InChI=1S/C10H12.C4H8O.C4H6O/c1-2-6-10-8-4-3-7-9(10)5-1;1-2-4-5-3-1;1-3-5-4-2/h1-2,5-6H,3-4,7-8H2;1-4H2;3-4H,1-2H2. The lowest BCUT2D eigenvalue weighted by atomic mass is 9.92. The smallest absolute Gasteiger partial charge is 0.0829 e. The molecule has 0 amide bonds. The molecule has 1 fully saturated rings. The first kappa shape index (κ1) is 16.5. The van der Waals surface area contributed by atoms with Crippen molar-refractivity contribution in [1.82, 2.24) is 0 Å². The molecule has 110 valence electrons. The zero-order valence-electron chi connectivity index (χ0n) is 12.4. The second kappa shape index (κ2) is 11.3. The van der Waals surface area contributed by atoms with Crippen LogP contribution in [0.1, 0.15) is 36.8 Å². The van der Waals surface area contributed by atoms with Gasteiger partial charge in [0, 0.05) is 13.2 Å². The maximum absolute atomic E-state index is 4.94. The van der Waals surface area contributed by atoms with Crippen LogP contribution in [0.4, 0.5) is 0 Å². The van der Waals surface area contributed by atoms with Gasteiger partial charge in [-0.2, -0.15) is 0 Å². The van der Waals surface area contributed by atoms with Crippen molar-refractivity contribution in [2.24, 2.45) is 0 Å². The minimum Gasteiger partial charge on any atom is -0.474 e. The fourth-order valence-electron chi connectivity index (χ4n) is 2.25. The van der Waals surface area contributed by atoms with Gasteiger partial charge in [0.2, 0.25) is 0 Å². The van der Waals surface area contributed by atoms with Crippen molar-refractivity contribution in [3.63, 3.8) is 0 Å². The largest absolute Gasteiger partial charge is 0.474 e. The molecule has 2 nitrogen and oxygen atoms in total. The van der Waals surface area contributed by atoms with E-state index in [1.54, 1.807) is 11.1 Å². The second-order valence-corrected chi connectivity index (χ2v) is 4.76. The third-order valence-corrected chi connectivity index (χ3v) is 3.28. The molecular formula is C18H26O2. The molecule has 0 atom stereocenters. The van der Waals surface area contributed by atoms with Crippen molar-refractivity contribution in [1.29, 1.82) is 0 Å². The van der Waals surface area contributed by atoms with Crippen LogP contribution < -0.4 is 0 Å². The van der Waals surface area contributed by atoms with Crippen molar-refractivity contribution in [3.8, 4) is 0 Å².